The number of carbonyl (C=O) groups excluding carboxylic acids is 2. The van der Waals surface area contributed by atoms with Crippen molar-refractivity contribution in [2.75, 3.05) is 50.5 Å². The Labute approximate surface area is 193 Å². The molecule has 4 heterocycles. The van der Waals surface area contributed by atoms with Gasteiger partial charge in [-0.05, 0) is 74.8 Å². The van der Waals surface area contributed by atoms with Crippen LogP contribution >= 0.6 is 0 Å². The first-order valence-electron chi connectivity index (χ1n) is 11.6. The number of hydrogen-bond donors (Lipinski definition) is 3. The Bertz CT molecular complexity index is 1110. The molecule has 0 bridgehead atoms. The van der Waals surface area contributed by atoms with Gasteiger partial charge in [0.1, 0.15) is 17.4 Å². The molecule has 0 unspecified atom stereocenters. The number of amides is 2. The van der Waals surface area contributed by atoms with Gasteiger partial charge >= 0.3 is 0 Å². The van der Waals surface area contributed by atoms with Crippen molar-refractivity contribution in [3.8, 4) is 5.75 Å². The van der Waals surface area contributed by atoms with E-state index in [0.717, 1.165) is 54.9 Å². The van der Waals surface area contributed by atoms with E-state index in [-0.39, 0.29) is 17.7 Å². The van der Waals surface area contributed by atoms with Crippen molar-refractivity contribution in [2.24, 2.45) is 5.92 Å². The highest BCUT2D eigenvalue weighted by Crippen LogP contribution is 2.35. The fraction of sp³-hybridized carbons (Fsp3) is 0.400. The van der Waals surface area contributed by atoms with Gasteiger partial charge in [-0.2, -0.15) is 0 Å². The highest BCUT2D eigenvalue weighted by Gasteiger charge is 2.25. The van der Waals surface area contributed by atoms with Crippen molar-refractivity contribution < 1.29 is 14.3 Å². The van der Waals surface area contributed by atoms with E-state index in [1.54, 1.807) is 0 Å². The molecule has 3 aliphatic heterocycles. The molecule has 1 fully saturated rings. The van der Waals surface area contributed by atoms with E-state index < -0.39 is 0 Å². The predicted molar refractivity (Wildman–Crippen MR) is 128 cm³/mol. The molecule has 1 aromatic heterocycles. The summed E-state index contributed by atoms with van der Waals surface area (Å²) >= 11 is 0. The Hall–Kier alpha value is -3.39. The monoisotopic (exact) mass is 447 g/mol. The molecule has 2 aromatic rings. The largest absolute Gasteiger partial charge is 0.493 e. The second kappa shape index (κ2) is 9.23. The lowest BCUT2D eigenvalue weighted by molar-refractivity contribution is -0.121. The van der Waals surface area contributed by atoms with Crippen LogP contribution in [-0.2, 0) is 4.79 Å². The van der Waals surface area contributed by atoms with Gasteiger partial charge in [0.15, 0.2) is 0 Å². The molecule has 0 aliphatic carbocycles. The molecule has 8 heteroatoms. The van der Waals surface area contributed by atoms with Crippen LogP contribution in [0.3, 0.4) is 0 Å². The quantitative estimate of drug-likeness (QED) is 0.670. The van der Waals surface area contributed by atoms with Crippen LogP contribution in [0.15, 0.2) is 36.4 Å². The number of pyridine rings is 1. The molecular formula is C25H29N5O3. The number of aromatic nitrogens is 1. The van der Waals surface area contributed by atoms with Crippen LogP contribution in [0.1, 0.15) is 40.7 Å². The van der Waals surface area contributed by atoms with E-state index in [4.69, 9.17) is 4.74 Å². The minimum absolute atomic E-state index is 0.0309. The van der Waals surface area contributed by atoms with Crippen molar-refractivity contribution in [2.45, 2.75) is 19.3 Å². The highest BCUT2D eigenvalue weighted by molar-refractivity contribution is 5.98. The molecule has 0 saturated carbocycles. The molecule has 3 N–H and O–H groups in total. The number of rotatable bonds is 3. The smallest absolute Gasteiger partial charge is 0.255 e. The molecule has 2 amide bonds. The van der Waals surface area contributed by atoms with Gasteiger partial charge in [-0.25, -0.2) is 4.98 Å². The zero-order chi connectivity index (χ0) is 22.8. The summed E-state index contributed by atoms with van der Waals surface area (Å²) in [4.78, 5) is 32.0. The summed E-state index contributed by atoms with van der Waals surface area (Å²) in [6.45, 7) is 3.69. The summed E-state index contributed by atoms with van der Waals surface area (Å²) in [7, 11) is 2.09. The molecule has 1 saturated heterocycles. The second-order valence-corrected chi connectivity index (χ2v) is 8.83. The summed E-state index contributed by atoms with van der Waals surface area (Å²) in [6, 6.07) is 9.52. The van der Waals surface area contributed by atoms with Crippen molar-refractivity contribution in [3.05, 3.63) is 53.1 Å². The number of piperidine rings is 1. The van der Waals surface area contributed by atoms with Gasteiger partial charge in [0.2, 0.25) is 5.91 Å². The molecule has 0 atom stereocenters. The fourth-order valence-electron chi connectivity index (χ4n) is 4.56. The minimum Gasteiger partial charge on any atom is -0.493 e. The molecular weight excluding hydrogens is 418 g/mol. The number of nitrogens with one attached hydrogen (secondary N) is 3. The number of benzene rings is 1. The Morgan fingerprint density at radius 3 is 2.82 bits per heavy atom. The van der Waals surface area contributed by atoms with Crippen molar-refractivity contribution in [3.63, 3.8) is 0 Å². The lowest BCUT2D eigenvalue weighted by Crippen LogP contribution is -2.36. The van der Waals surface area contributed by atoms with Crippen LogP contribution < -0.4 is 20.7 Å². The van der Waals surface area contributed by atoms with E-state index in [9.17, 15) is 9.59 Å². The van der Waals surface area contributed by atoms with Gasteiger partial charge in [-0.15, -0.1) is 0 Å². The maximum Gasteiger partial charge on any atom is 0.255 e. The van der Waals surface area contributed by atoms with Gasteiger partial charge in [0.25, 0.3) is 5.91 Å². The molecule has 8 nitrogen and oxygen atoms in total. The normalized spacial score (nSPS) is 18.9. The third kappa shape index (κ3) is 4.57. The third-order valence-corrected chi connectivity index (χ3v) is 6.50. The van der Waals surface area contributed by atoms with Crippen LogP contribution in [0.25, 0.3) is 5.57 Å². The maximum atomic E-state index is 12.7. The minimum atomic E-state index is -0.109. The Kier molecular flexibility index (Phi) is 6.00. The average molecular weight is 448 g/mol. The lowest BCUT2D eigenvalue weighted by Gasteiger charge is -2.28. The number of anilines is 2. The number of hydrogen-bond acceptors (Lipinski definition) is 6. The fourth-order valence-corrected chi connectivity index (χ4v) is 4.56. The molecule has 0 spiro atoms. The molecule has 3 aliphatic rings. The Morgan fingerprint density at radius 1 is 1.15 bits per heavy atom. The summed E-state index contributed by atoms with van der Waals surface area (Å²) in [6.07, 6.45) is 4.63. The van der Waals surface area contributed by atoms with E-state index in [2.05, 4.69) is 39.0 Å². The van der Waals surface area contributed by atoms with Crippen LogP contribution in [-0.4, -0.2) is 61.5 Å². The van der Waals surface area contributed by atoms with E-state index in [1.165, 1.54) is 0 Å². The maximum absolute atomic E-state index is 12.7. The lowest BCUT2D eigenvalue weighted by atomic mass is 9.94. The first-order valence-corrected chi connectivity index (χ1v) is 11.6. The van der Waals surface area contributed by atoms with E-state index in [0.29, 0.717) is 36.8 Å². The van der Waals surface area contributed by atoms with Gasteiger partial charge in [0, 0.05) is 24.6 Å². The molecule has 0 radical (unpaired) electrons. The summed E-state index contributed by atoms with van der Waals surface area (Å²) in [5.41, 5.74) is 3.50. The van der Waals surface area contributed by atoms with Crippen molar-refractivity contribution in [1.82, 2.24) is 15.2 Å². The predicted octanol–water partition coefficient (Wildman–Crippen LogP) is 2.73. The van der Waals surface area contributed by atoms with Gasteiger partial charge in [0.05, 0.1) is 12.2 Å². The first-order chi connectivity index (χ1) is 16.1. The first kappa shape index (κ1) is 21.5. The molecule has 172 valence electrons. The molecule has 5 rings (SSSR count). The van der Waals surface area contributed by atoms with Crippen LogP contribution in [0, 0.1) is 5.92 Å². The number of likely N-dealkylation sites (tertiary alicyclic amines) is 1. The third-order valence-electron chi connectivity index (χ3n) is 6.50. The number of ether oxygens (including phenoxy) is 1. The van der Waals surface area contributed by atoms with Gasteiger partial charge in [-0.1, -0.05) is 12.1 Å². The van der Waals surface area contributed by atoms with Gasteiger partial charge in [-0.3, -0.25) is 9.59 Å². The standard InChI is InChI=1S/C25H29N5O3/c1-30-12-8-16(9-13-30)24(31)29-22-6-5-19-18(7-11-26-23(19)28-22)17-3-4-20-21(15-17)33-14-2-10-27-25(20)32/h3-7,15-16H,2,8-14H2,1H3,(H,27,32)(H2,26,28,29,31). The topological polar surface area (TPSA) is 95.6 Å². The Balaban J connectivity index is 1.36. The summed E-state index contributed by atoms with van der Waals surface area (Å²) in [5, 5.41) is 9.22. The van der Waals surface area contributed by atoms with Crippen LogP contribution in [0.5, 0.6) is 5.75 Å². The summed E-state index contributed by atoms with van der Waals surface area (Å²) in [5.74, 6) is 1.86. The molecule has 33 heavy (non-hydrogen) atoms. The number of carbonyl (C=O) groups is 2. The molecule has 1 aromatic carbocycles. The highest BCUT2D eigenvalue weighted by atomic mass is 16.5. The van der Waals surface area contributed by atoms with Crippen molar-refractivity contribution in [1.29, 1.82) is 0 Å². The number of nitrogens with zero attached hydrogens (tertiary/aromatic N) is 2. The zero-order valence-electron chi connectivity index (χ0n) is 18.8. The Morgan fingerprint density at radius 2 is 1.97 bits per heavy atom. The van der Waals surface area contributed by atoms with Crippen LogP contribution in [0.2, 0.25) is 0 Å². The van der Waals surface area contributed by atoms with E-state index in [1.807, 2.05) is 30.3 Å². The second-order valence-electron chi connectivity index (χ2n) is 8.83. The van der Waals surface area contributed by atoms with Crippen LogP contribution in [0.4, 0.5) is 11.6 Å². The zero-order valence-corrected chi connectivity index (χ0v) is 18.8. The average Bonchev–Trinajstić information content (AvgIpc) is 2.82. The number of fused-ring (bicyclic) bond motifs is 2. The summed E-state index contributed by atoms with van der Waals surface area (Å²) < 4.78 is 5.88. The van der Waals surface area contributed by atoms with Gasteiger partial charge < -0.3 is 25.6 Å². The SMILES string of the molecule is CN1CCC(C(=O)Nc2ccc3c(n2)NCC=C3c2ccc3c(c2)OCCCNC3=O)CC1. The van der Waals surface area contributed by atoms with Crippen molar-refractivity contribution >= 4 is 29.0 Å². The van der Waals surface area contributed by atoms with E-state index >= 15 is 0 Å².